The molecule has 0 aromatic rings. The van der Waals surface area contributed by atoms with E-state index in [-0.39, 0.29) is 14.9 Å². The minimum atomic E-state index is -0.363. The van der Waals surface area contributed by atoms with Crippen molar-refractivity contribution in [1.29, 1.82) is 0 Å². The van der Waals surface area contributed by atoms with Crippen molar-refractivity contribution in [2.45, 2.75) is 12.5 Å². The first-order valence-corrected chi connectivity index (χ1v) is 6.09. The van der Waals surface area contributed by atoms with Gasteiger partial charge in [0.2, 0.25) is 0 Å². The first kappa shape index (κ1) is 7.55. The third-order valence-electron chi connectivity index (χ3n) is 0.940. The smallest absolute Gasteiger partial charge is 0.134 e. The number of hydrogen-bond acceptors (Lipinski definition) is 3. The van der Waals surface area contributed by atoms with Crippen LogP contribution in [-0.2, 0) is 24.1 Å². The summed E-state index contributed by atoms with van der Waals surface area (Å²) in [5, 5.41) is 0. The Morgan fingerprint density at radius 1 is 1.89 bits per heavy atom. The van der Waals surface area contributed by atoms with Gasteiger partial charge in [-0.2, -0.15) is 0 Å². The molecule has 1 fully saturated rings. The Labute approximate surface area is 65.7 Å². The average molecular weight is 178 g/mol. The Balaban J connectivity index is 2.43. The minimum absolute atomic E-state index is 0.0212. The zero-order valence-corrected chi connectivity index (χ0v) is 7.15. The first-order chi connectivity index (χ1) is 4.33. The molecule has 1 aliphatic heterocycles. The minimum Gasteiger partial charge on any atom is -0.287 e. The summed E-state index contributed by atoms with van der Waals surface area (Å²) in [4.78, 5) is 0. The molecule has 0 aliphatic carbocycles. The number of rotatable bonds is 0. The van der Waals surface area contributed by atoms with Gasteiger partial charge in [0.05, 0.1) is 8.77 Å². The zero-order valence-electron chi connectivity index (χ0n) is 4.70. The van der Waals surface area contributed by atoms with Gasteiger partial charge in [-0.1, -0.05) is 16.7 Å². The highest BCUT2D eigenvalue weighted by molar-refractivity contribution is 8.81. The molecule has 0 amide bonds. The van der Waals surface area contributed by atoms with Crippen molar-refractivity contribution in [1.82, 2.24) is 0 Å². The Kier molecular flexibility index (Phi) is 2.99. The van der Waals surface area contributed by atoms with E-state index in [1.807, 2.05) is 0 Å². The van der Waals surface area contributed by atoms with Crippen LogP contribution in [0.2, 0.25) is 0 Å². The molecular weight excluding hydrogens is 172 g/mol. The second-order valence-corrected chi connectivity index (χ2v) is 5.97. The summed E-state index contributed by atoms with van der Waals surface area (Å²) in [6.45, 7) is 0. The van der Waals surface area contributed by atoms with Crippen molar-refractivity contribution in [2.24, 2.45) is 0 Å². The summed E-state index contributed by atoms with van der Waals surface area (Å²) in [5.74, 6) is 3.58. The van der Waals surface area contributed by atoms with E-state index in [0.29, 0.717) is 0 Å². The molecule has 1 aliphatic rings. The molecule has 9 heavy (non-hydrogen) atoms. The summed E-state index contributed by atoms with van der Waals surface area (Å²) in [5.41, 5.74) is 0. The molecule has 0 aromatic heterocycles. The molecule has 1 heterocycles. The fourth-order valence-electron chi connectivity index (χ4n) is 0.505. The van der Waals surface area contributed by atoms with Gasteiger partial charge in [-0.05, 0) is 17.6 Å². The first-order valence-electron chi connectivity index (χ1n) is 2.51. The van der Waals surface area contributed by atoms with Gasteiger partial charge < -0.3 is 0 Å². The van der Waals surface area contributed by atoms with Gasteiger partial charge in [0.15, 0.2) is 0 Å². The predicted octanol–water partition coefficient (Wildman–Crippen LogP) is 1.05. The molecule has 50 valence electrons. The van der Waals surface area contributed by atoms with Crippen molar-refractivity contribution in [3.8, 4) is 12.3 Å². The lowest BCUT2D eigenvalue weighted by Crippen LogP contribution is -2.16. The zero-order chi connectivity index (χ0) is 6.69. The van der Waals surface area contributed by atoms with Gasteiger partial charge >= 0.3 is 0 Å². The highest BCUT2D eigenvalue weighted by Crippen LogP contribution is 2.21. The number of hydrogen-bond donors (Lipinski definition) is 0. The van der Waals surface area contributed by atoms with Crippen LogP contribution in [0.1, 0.15) is 6.42 Å². The molecule has 2 unspecified atom stereocenters. The molecule has 0 spiro atoms. The quantitative estimate of drug-likeness (QED) is 0.405. The topological polar surface area (TPSA) is 9.23 Å². The molecule has 1 rings (SSSR count). The largest absolute Gasteiger partial charge is 0.287 e. The molecular formula is C5H6OS3. The average Bonchev–Trinajstić information content (AvgIpc) is 1.88. The van der Waals surface area contributed by atoms with E-state index in [1.54, 1.807) is 10.8 Å². The lowest BCUT2D eigenvalue weighted by molar-refractivity contribution is 0.301. The molecule has 4 heteroatoms. The summed E-state index contributed by atoms with van der Waals surface area (Å²) < 4.78 is 5.20. The Hall–Kier alpha value is 0.440. The normalized spacial score (nSPS) is 35.4. The van der Waals surface area contributed by atoms with Gasteiger partial charge in [-0.15, -0.1) is 6.42 Å². The summed E-state index contributed by atoms with van der Waals surface area (Å²) in [7, 11) is 1.30. The second kappa shape index (κ2) is 3.57. The molecule has 0 radical (unpaired) electrons. The van der Waals surface area contributed by atoms with Crippen molar-refractivity contribution in [2.75, 3.05) is 5.75 Å². The Bertz CT molecular complexity index is 160. The standard InChI is InChI=1S/C5H6OS3/c1-2-5-3-4-8-9(7)6-5/h1,5H,3-4H2. The van der Waals surface area contributed by atoms with Gasteiger partial charge in [0, 0.05) is 5.75 Å². The van der Waals surface area contributed by atoms with Crippen LogP contribution >= 0.6 is 10.8 Å². The molecule has 1 nitrogen and oxygen atoms in total. The lowest BCUT2D eigenvalue weighted by atomic mass is 10.3. The third kappa shape index (κ3) is 2.26. The van der Waals surface area contributed by atoms with E-state index in [9.17, 15) is 0 Å². The van der Waals surface area contributed by atoms with E-state index in [0.717, 1.165) is 12.2 Å². The maximum atomic E-state index is 5.20. The van der Waals surface area contributed by atoms with Crippen LogP contribution in [0.4, 0.5) is 0 Å². The van der Waals surface area contributed by atoms with Crippen molar-refractivity contribution in [3.63, 3.8) is 0 Å². The Morgan fingerprint density at radius 3 is 3.11 bits per heavy atom. The monoisotopic (exact) mass is 178 g/mol. The van der Waals surface area contributed by atoms with Crippen LogP contribution in [0.5, 0.6) is 0 Å². The summed E-state index contributed by atoms with van der Waals surface area (Å²) in [6.07, 6.45) is 6.06. The van der Waals surface area contributed by atoms with Gasteiger partial charge in [-0.3, -0.25) is 4.18 Å². The number of terminal acetylenes is 1. The van der Waals surface area contributed by atoms with Crippen molar-refractivity contribution in [3.05, 3.63) is 0 Å². The van der Waals surface area contributed by atoms with Gasteiger partial charge in [0.1, 0.15) is 6.10 Å². The summed E-state index contributed by atoms with van der Waals surface area (Å²) >= 11 is 4.91. The second-order valence-electron chi connectivity index (χ2n) is 1.57. The van der Waals surface area contributed by atoms with Gasteiger partial charge in [-0.25, -0.2) is 0 Å². The molecule has 0 bridgehead atoms. The highest BCUT2D eigenvalue weighted by atomic mass is 33.3. The third-order valence-corrected chi connectivity index (χ3v) is 4.34. The fraction of sp³-hybridized carbons (Fsp3) is 0.600. The van der Waals surface area contributed by atoms with Crippen molar-refractivity contribution >= 4 is 30.7 Å². The van der Waals surface area contributed by atoms with E-state index in [2.05, 4.69) is 5.92 Å². The van der Waals surface area contributed by atoms with Crippen LogP contribution in [0, 0.1) is 12.3 Å². The molecule has 0 N–H and O–H groups in total. The van der Waals surface area contributed by atoms with Crippen LogP contribution in [0.25, 0.3) is 0 Å². The predicted molar refractivity (Wildman–Crippen MR) is 45.5 cm³/mol. The van der Waals surface area contributed by atoms with E-state index >= 15 is 0 Å². The highest BCUT2D eigenvalue weighted by Gasteiger charge is 2.14. The maximum Gasteiger partial charge on any atom is 0.134 e. The molecule has 0 aromatic carbocycles. The fourth-order valence-corrected chi connectivity index (χ4v) is 3.39. The Morgan fingerprint density at radius 2 is 2.67 bits per heavy atom. The van der Waals surface area contributed by atoms with Crippen molar-refractivity contribution < 1.29 is 4.18 Å². The maximum absolute atomic E-state index is 5.20. The SMILES string of the molecule is C#CC1CCSS(=S)O1. The molecule has 2 atom stereocenters. The lowest BCUT2D eigenvalue weighted by Gasteiger charge is -2.17. The molecule has 1 saturated heterocycles. The van der Waals surface area contributed by atoms with Crippen LogP contribution < -0.4 is 0 Å². The van der Waals surface area contributed by atoms with E-state index in [1.165, 1.54) is 0 Å². The van der Waals surface area contributed by atoms with Crippen LogP contribution in [0.15, 0.2) is 0 Å². The summed E-state index contributed by atoms with van der Waals surface area (Å²) in [6, 6.07) is 0. The van der Waals surface area contributed by atoms with Gasteiger partial charge in [0.25, 0.3) is 0 Å². The van der Waals surface area contributed by atoms with E-state index in [4.69, 9.17) is 21.8 Å². The van der Waals surface area contributed by atoms with E-state index < -0.39 is 0 Å². The van der Waals surface area contributed by atoms with Crippen LogP contribution in [0.3, 0.4) is 0 Å². The van der Waals surface area contributed by atoms with Crippen LogP contribution in [-0.4, -0.2) is 11.9 Å². The molecule has 0 saturated carbocycles.